The predicted octanol–water partition coefficient (Wildman–Crippen LogP) is 5.12. The second-order valence-electron chi connectivity index (χ2n) is 7.52. The Morgan fingerprint density at radius 2 is 1.71 bits per heavy atom. The van der Waals surface area contributed by atoms with E-state index in [0.29, 0.717) is 17.3 Å². The number of aryl methyl sites for hydroxylation is 3. The number of ether oxygens (including phenoxy) is 1. The van der Waals surface area contributed by atoms with Gasteiger partial charge >= 0.3 is 0 Å². The molecule has 0 saturated heterocycles. The van der Waals surface area contributed by atoms with Crippen LogP contribution in [0.5, 0.6) is 5.75 Å². The van der Waals surface area contributed by atoms with Crippen LogP contribution in [-0.4, -0.2) is 27.8 Å². The summed E-state index contributed by atoms with van der Waals surface area (Å²) in [5.41, 5.74) is 5.66. The van der Waals surface area contributed by atoms with Gasteiger partial charge in [-0.25, -0.2) is 9.67 Å². The Labute approximate surface area is 181 Å². The van der Waals surface area contributed by atoms with Gasteiger partial charge in [0.15, 0.2) is 5.82 Å². The van der Waals surface area contributed by atoms with Gasteiger partial charge in [0, 0.05) is 17.3 Å². The van der Waals surface area contributed by atoms with Crippen LogP contribution in [0.3, 0.4) is 0 Å². The van der Waals surface area contributed by atoms with Crippen molar-refractivity contribution in [1.82, 2.24) is 14.8 Å². The highest BCUT2D eigenvalue weighted by molar-refractivity contribution is 6.02. The second-order valence-corrected chi connectivity index (χ2v) is 7.52. The van der Waals surface area contributed by atoms with Crippen molar-refractivity contribution in [1.29, 1.82) is 0 Å². The minimum absolute atomic E-state index is 0.0974. The summed E-state index contributed by atoms with van der Waals surface area (Å²) in [6, 6.07) is 21.3. The molecule has 0 unspecified atom stereocenters. The van der Waals surface area contributed by atoms with Crippen LogP contribution >= 0.6 is 0 Å². The SMILES string of the molecule is COc1cccc(NC(=O)c2nc(-c3cccc(C)c3)n(-c3cc(C)ccc3C)n2)c1. The fraction of sp³-hybridized carbons (Fsp3) is 0.160. The molecule has 0 spiro atoms. The summed E-state index contributed by atoms with van der Waals surface area (Å²) in [5.74, 6) is 0.992. The molecule has 0 aliphatic rings. The normalized spacial score (nSPS) is 10.7. The van der Waals surface area contributed by atoms with Crippen LogP contribution in [0.15, 0.2) is 66.7 Å². The molecule has 156 valence electrons. The number of benzene rings is 3. The van der Waals surface area contributed by atoms with Crippen LogP contribution in [0, 0.1) is 20.8 Å². The van der Waals surface area contributed by atoms with Gasteiger partial charge in [-0.1, -0.05) is 42.0 Å². The Morgan fingerprint density at radius 3 is 2.48 bits per heavy atom. The van der Waals surface area contributed by atoms with Crippen molar-refractivity contribution >= 4 is 11.6 Å². The lowest BCUT2D eigenvalue weighted by atomic mass is 10.1. The van der Waals surface area contributed by atoms with Crippen molar-refractivity contribution in [2.45, 2.75) is 20.8 Å². The molecule has 1 N–H and O–H groups in total. The van der Waals surface area contributed by atoms with E-state index in [4.69, 9.17) is 4.74 Å². The quantitative estimate of drug-likeness (QED) is 0.494. The third kappa shape index (κ3) is 4.33. The number of methoxy groups -OCH3 is 1. The highest BCUT2D eigenvalue weighted by Gasteiger charge is 2.20. The lowest BCUT2D eigenvalue weighted by Gasteiger charge is -2.10. The predicted molar refractivity (Wildman–Crippen MR) is 122 cm³/mol. The molecule has 4 rings (SSSR count). The third-order valence-electron chi connectivity index (χ3n) is 5.01. The Bertz CT molecular complexity index is 1260. The van der Waals surface area contributed by atoms with E-state index in [0.717, 1.165) is 27.9 Å². The van der Waals surface area contributed by atoms with Gasteiger partial charge in [-0.05, 0) is 56.2 Å². The van der Waals surface area contributed by atoms with E-state index in [-0.39, 0.29) is 11.7 Å². The van der Waals surface area contributed by atoms with E-state index in [1.165, 1.54) is 0 Å². The summed E-state index contributed by atoms with van der Waals surface area (Å²) in [5, 5.41) is 7.45. The molecule has 0 aliphatic heterocycles. The van der Waals surface area contributed by atoms with E-state index in [1.54, 1.807) is 23.9 Å². The molecule has 0 bridgehead atoms. The Kier molecular flexibility index (Phi) is 5.54. The minimum Gasteiger partial charge on any atom is -0.497 e. The van der Waals surface area contributed by atoms with Crippen LogP contribution in [0.1, 0.15) is 27.3 Å². The lowest BCUT2D eigenvalue weighted by Crippen LogP contribution is -2.14. The van der Waals surface area contributed by atoms with Crippen molar-refractivity contribution in [2.75, 3.05) is 12.4 Å². The molecule has 3 aromatic carbocycles. The summed E-state index contributed by atoms with van der Waals surface area (Å²) in [4.78, 5) is 17.6. The van der Waals surface area contributed by atoms with E-state index in [9.17, 15) is 4.79 Å². The van der Waals surface area contributed by atoms with Gasteiger partial charge in [0.1, 0.15) is 5.75 Å². The highest BCUT2D eigenvalue weighted by atomic mass is 16.5. The van der Waals surface area contributed by atoms with Gasteiger partial charge in [0.05, 0.1) is 12.8 Å². The molecule has 1 amide bonds. The molecule has 0 atom stereocenters. The van der Waals surface area contributed by atoms with Gasteiger partial charge in [0.2, 0.25) is 5.82 Å². The Morgan fingerprint density at radius 1 is 0.935 bits per heavy atom. The van der Waals surface area contributed by atoms with Crippen molar-refractivity contribution in [2.24, 2.45) is 0 Å². The number of nitrogens with one attached hydrogen (secondary N) is 1. The summed E-state index contributed by atoms with van der Waals surface area (Å²) in [6.45, 7) is 6.08. The zero-order valence-electron chi connectivity index (χ0n) is 18.0. The van der Waals surface area contributed by atoms with Gasteiger partial charge in [-0.3, -0.25) is 4.79 Å². The molecule has 6 nitrogen and oxygen atoms in total. The molecular weight excluding hydrogens is 388 g/mol. The molecule has 31 heavy (non-hydrogen) atoms. The standard InChI is InChI=1S/C25H24N4O2/c1-16-7-5-8-19(13-16)24-27-23(25(30)26-20-9-6-10-21(15-20)31-4)28-29(24)22-14-17(2)11-12-18(22)3/h5-15H,1-4H3,(H,26,30). The zero-order valence-corrected chi connectivity index (χ0v) is 18.0. The maximum absolute atomic E-state index is 13.0. The Balaban J connectivity index is 1.79. The van der Waals surface area contributed by atoms with Gasteiger partial charge in [-0.15, -0.1) is 5.10 Å². The number of anilines is 1. The topological polar surface area (TPSA) is 69.0 Å². The molecule has 1 aromatic heterocycles. The van der Waals surface area contributed by atoms with Gasteiger partial charge < -0.3 is 10.1 Å². The first-order valence-corrected chi connectivity index (χ1v) is 10.0. The van der Waals surface area contributed by atoms with Crippen LogP contribution < -0.4 is 10.1 Å². The maximum Gasteiger partial charge on any atom is 0.295 e. The van der Waals surface area contributed by atoms with E-state index >= 15 is 0 Å². The maximum atomic E-state index is 13.0. The number of amides is 1. The summed E-state index contributed by atoms with van der Waals surface area (Å²) in [7, 11) is 1.59. The largest absolute Gasteiger partial charge is 0.497 e. The molecular formula is C25H24N4O2. The summed E-state index contributed by atoms with van der Waals surface area (Å²) >= 11 is 0. The molecule has 0 aliphatic carbocycles. The first-order valence-electron chi connectivity index (χ1n) is 10.0. The Hall–Kier alpha value is -3.93. The van der Waals surface area contributed by atoms with Gasteiger partial charge in [-0.2, -0.15) is 0 Å². The first kappa shape index (κ1) is 20.3. The lowest BCUT2D eigenvalue weighted by molar-refractivity contribution is 0.101. The van der Waals surface area contributed by atoms with Crippen molar-refractivity contribution in [3.63, 3.8) is 0 Å². The number of hydrogen-bond donors (Lipinski definition) is 1. The average molecular weight is 412 g/mol. The van der Waals surface area contributed by atoms with Crippen LogP contribution in [-0.2, 0) is 0 Å². The highest BCUT2D eigenvalue weighted by Crippen LogP contribution is 2.25. The number of carbonyl (C=O) groups is 1. The third-order valence-corrected chi connectivity index (χ3v) is 5.01. The molecule has 0 radical (unpaired) electrons. The smallest absolute Gasteiger partial charge is 0.295 e. The zero-order chi connectivity index (χ0) is 22.0. The van der Waals surface area contributed by atoms with Crippen molar-refractivity contribution < 1.29 is 9.53 Å². The van der Waals surface area contributed by atoms with Crippen molar-refractivity contribution in [3.8, 4) is 22.8 Å². The van der Waals surface area contributed by atoms with Gasteiger partial charge in [0.25, 0.3) is 5.91 Å². The number of carbonyl (C=O) groups excluding carboxylic acids is 1. The summed E-state index contributed by atoms with van der Waals surface area (Å²) in [6.07, 6.45) is 0. The van der Waals surface area contributed by atoms with E-state index in [2.05, 4.69) is 21.5 Å². The van der Waals surface area contributed by atoms with Crippen LogP contribution in [0.2, 0.25) is 0 Å². The fourth-order valence-electron chi connectivity index (χ4n) is 3.38. The molecule has 0 fully saturated rings. The number of hydrogen-bond acceptors (Lipinski definition) is 4. The molecule has 4 aromatic rings. The molecule has 0 saturated carbocycles. The van der Waals surface area contributed by atoms with Crippen molar-refractivity contribution in [3.05, 3.63) is 89.2 Å². The average Bonchev–Trinajstić information content (AvgIpc) is 3.21. The minimum atomic E-state index is -0.383. The molecule has 6 heteroatoms. The number of nitrogens with zero attached hydrogens (tertiary/aromatic N) is 3. The van der Waals surface area contributed by atoms with Crippen LogP contribution in [0.25, 0.3) is 17.1 Å². The number of rotatable bonds is 5. The first-order chi connectivity index (χ1) is 14.9. The molecule has 1 heterocycles. The second kappa shape index (κ2) is 8.44. The number of aromatic nitrogens is 3. The van der Waals surface area contributed by atoms with E-state index < -0.39 is 0 Å². The summed E-state index contributed by atoms with van der Waals surface area (Å²) < 4.78 is 6.98. The van der Waals surface area contributed by atoms with Crippen LogP contribution in [0.4, 0.5) is 5.69 Å². The van der Waals surface area contributed by atoms with E-state index in [1.807, 2.05) is 69.3 Å². The fourth-order valence-corrected chi connectivity index (χ4v) is 3.38. The monoisotopic (exact) mass is 412 g/mol.